The molecule has 0 unspecified atom stereocenters. The fourth-order valence-electron chi connectivity index (χ4n) is 2.72. The summed E-state index contributed by atoms with van der Waals surface area (Å²) in [5, 5.41) is 2.64. The molecule has 3 rings (SSSR count). The van der Waals surface area contributed by atoms with E-state index in [9.17, 15) is 9.18 Å². The molecule has 0 aliphatic carbocycles. The van der Waals surface area contributed by atoms with Gasteiger partial charge in [-0.3, -0.25) is 4.79 Å². The molecular formula is C20H19FN2O2. The van der Waals surface area contributed by atoms with E-state index >= 15 is 0 Å². The number of rotatable bonds is 6. The Labute approximate surface area is 145 Å². The number of amides is 1. The van der Waals surface area contributed by atoms with Crippen LogP contribution in [0.15, 0.2) is 73.1 Å². The van der Waals surface area contributed by atoms with Gasteiger partial charge in [0.2, 0.25) is 5.91 Å². The van der Waals surface area contributed by atoms with Gasteiger partial charge in [0, 0.05) is 12.4 Å². The zero-order valence-corrected chi connectivity index (χ0v) is 13.9. The summed E-state index contributed by atoms with van der Waals surface area (Å²) in [5.74, 6) is 0.0586. The van der Waals surface area contributed by atoms with E-state index < -0.39 is 5.82 Å². The molecule has 0 saturated heterocycles. The number of methoxy groups -OCH3 is 1. The lowest BCUT2D eigenvalue weighted by Gasteiger charge is -2.20. The lowest BCUT2D eigenvalue weighted by Crippen LogP contribution is -2.20. The first-order valence-corrected chi connectivity index (χ1v) is 7.98. The van der Waals surface area contributed by atoms with Crippen molar-refractivity contribution in [3.05, 3.63) is 84.4 Å². The fourth-order valence-corrected chi connectivity index (χ4v) is 2.72. The number of anilines is 1. The summed E-state index contributed by atoms with van der Waals surface area (Å²) in [6.45, 7) is 0. The van der Waals surface area contributed by atoms with Crippen molar-refractivity contribution >= 4 is 11.6 Å². The molecule has 1 aromatic heterocycles. The molecule has 3 aromatic rings. The molecule has 1 heterocycles. The smallest absolute Gasteiger partial charge is 0.226 e. The number of nitrogens with zero attached hydrogens (tertiary/aromatic N) is 1. The van der Waals surface area contributed by atoms with Crippen LogP contribution in [0.5, 0.6) is 5.75 Å². The predicted molar refractivity (Wildman–Crippen MR) is 95.2 cm³/mol. The number of halogens is 1. The van der Waals surface area contributed by atoms with E-state index in [-0.39, 0.29) is 24.1 Å². The molecule has 25 heavy (non-hydrogen) atoms. The third-order valence-corrected chi connectivity index (χ3v) is 4.01. The first kappa shape index (κ1) is 16.8. The zero-order chi connectivity index (χ0) is 17.6. The van der Waals surface area contributed by atoms with Gasteiger partial charge in [-0.1, -0.05) is 24.3 Å². The standard InChI is InChI=1S/C20H19FN2O2/c1-25-16-10-8-15(9-11-16)19(23-12-4-5-13-23)14-20(24)22-18-7-3-2-6-17(18)21/h2-13,19H,14H2,1H3,(H,22,24)/t19-/m1/s1. The summed E-state index contributed by atoms with van der Waals surface area (Å²) >= 11 is 0. The second-order valence-electron chi connectivity index (χ2n) is 5.65. The Morgan fingerprint density at radius 2 is 1.76 bits per heavy atom. The number of ether oxygens (including phenoxy) is 1. The molecule has 4 nitrogen and oxygen atoms in total. The Morgan fingerprint density at radius 3 is 2.40 bits per heavy atom. The Hall–Kier alpha value is -3.08. The van der Waals surface area contributed by atoms with Gasteiger partial charge in [0.15, 0.2) is 0 Å². The minimum absolute atomic E-state index is 0.187. The van der Waals surface area contributed by atoms with E-state index in [2.05, 4.69) is 5.32 Å². The minimum Gasteiger partial charge on any atom is -0.497 e. The van der Waals surface area contributed by atoms with Crippen LogP contribution in [0.2, 0.25) is 0 Å². The van der Waals surface area contributed by atoms with Crippen molar-refractivity contribution in [2.75, 3.05) is 12.4 Å². The molecule has 1 N–H and O–H groups in total. The predicted octanol–water partition coefficient (Wildman–Crippen LogP) is 4.25. The first-order chi connectivity index (χ1) is 12.2. The zero-order valence-electron chi connectivity index (χ0n) is 13.9. The van der Waals surface area contributed by atoms with Gasteiger partial charge in [0.1, 0.15) is 11.6 Å². The van der Waals surface area contributed by atoms with E-state index in [4.69, 9.17) is 4.74 Å². The molecule has 2 aromatic carbocycles. The number of nitrogens with one attached hydrogen (secondary N) is 1. The molecule has 0 aliphatic rings. The monoisotopic (exact) mass is 338 g/mol. The molecule has 0 fully saturated rings. The third-order valence-electron chi connectivity index (χ3n) is 4.01. The molecule has 0 bridgehead atoms. The molecule has 128 valence electrons. The summed E-state index contributed by atoms with van der Waals surface area (Å²) in [7, 11) is 1.61. The second kappa shape index (κ2) is 7.66. The molecule has 5 heteroatoms. The van der Waals surface area contributed by atoms with Gasteiger partial charge in [-0.15, -0.1) is 0 Å². The number of benzene rings is 2. The van der Waals surface area contributed by atoms with Crippen LogP contribution in [-0.2, 0) is 4.79 Å². The highest BCUT2D eigenvalue weighted by Crippen LogP contribution is 2.25. The topological polar surface area (TPSA) is 43.3 Å². The van der Waals surface area contributed by atoms with Gasteiger partial charge in [-0.2, -0.15) is 0 Å². The number of carbonyl (C=O) groups excluding carboxylic acids is 1. The van der Waals surface area contributed by atoms with E-state index in [1.165, 1.54) is 6.07 Å². The van der Waals surface area contributed by atoms with E-state index in [1.807, 2.05) is 53.4 Å². The van der Waals surface area contributed by atoms with Gasteiger partial charge in [-0.05, 0) is 42.0 Å². The van der Waals surface area contributed by atoms with Gasteiger partial charge in [0.05, 0.1) is 25.3 Å². The van der Waals surface area contributed by atoms with Crippen LogP contribution >= 0.6 is 0 Å². The molecular weight excluding hydrogens is 319 g/mol. The molecule has 0 aliphatic heterocycles. The van der Waals surface area contributed by atoms with Crippen molar-refractivity contribution in [1.29, 1.82) is 0 Å². The molecule has 1 atom stereocenters. The Morgan fingerprint density at radius 1 is 1.08 bits per heavy atom. The first-order valence-electron chi connectivity index (χ1n) is 7.98. The van der Waals surface area contributed by atoms with E-state index in [1.54, 1.807) is 25.3 Å². The van der Waals surface area contributed by atoms with Crippen LogP contribution in [0.25, 0.3) is 0 Å². The van der Waals surface area contributed by atoms with Crippen molar-refractivity contribution in [3.63, 3.8) is 0 Å². The summed E-state index contributed by atoms with van der Waals surface area (Å²) in [5.41, 5.74) is 1.16. The summed E-state index contributed by atoms with van der Waals surface area (Å²) in [6.07, 6.45) is 4.01. The Bertz CT molecular complexity index is 829. The Kier molecular flexibility index (Phi) is 5.14. The third kappa shape index (κ3) is 4.07. The average Bonchev–Trinajstić information content (AvgIpc) is 3.16. The number of aromatic nitrogens is 1. The number of hydrogen-bond donors (Lipinski definition) is 1. The van der Waals surface area contributed by atoms with E-state index in [0.29, 0.717) is 0 Å². The molecule has 0 radical (unpaired) electrons. The number of hydrogen-bond acceptors (Lipinski definition) is 2. The maximum atomic E-state index is 13.7. The molecule has 1 amide bonds. The quantitative estimate of drug-likeness (QED) is 0.730. The van der Waals surface area contributed by atoms with E-state index in [0.717, 1.165) is 11.3 Å². The van der Waals surface area contributed by atoms with Gasteiger partial charge < -0.3 is 14.6 Å². The van der Waals surface area contributed by atoms with Crippen LogP contribution in [0.4, 0.5) is 10.1 Å². The number of carbonyl (C=O) groups is 1. The van der Waals surface area contributed by atoms with Crippen molar-refractivity contribution in [2.24, 2.45) is 0 Å². The Balaban J connectivity index is 1.80. The van der Waals surface area contributed by atoms with Crippen LogP contribution in [0, 0.1) is 5.82 Å². The van der Waals surface area contributed by atoms with Crippen LogP contribution in [-0.4, -0.2) is 17.6 Å². The lowest BCUT2D eigenvalue weighted by atomic mass is 10.0. The highest BCUT2D eigenvalue weighted by atomic mass is 19.1. The molecule has 0 saturated carbocycles. The normalized spacial score (nSPS) is 11.8. The lowest BCUT2D eigenvalue weighted by molar-refractivity contribution is -0.116. The summed E-state index contributed by atoms with van der Waals surface area (Å²) in [4.78, 5) is 12.5. The highest BCUT2D eigenvalue weighted by molar-refractivity contribution is 5.91. The largest absolute Gasteiger partial charge is 0.497 e. The van der Waals surface area contributed by atoms with Crippen LogP contribution in [0.3, 0.4) is 0 Å². The maximum Gasteiger partial charge on any atom is 0.226 e. The van der Waals surface area contributed by atoms with Gasteiger partial charge >= 0.3 is 0 Å². The van der Waals surface area contributed by atoms with Crippen LogP contribution < -0.4 is 10.1 Å². The second-order valence-corrected chi connectivity index (χ2v) is 5.65. The molecule has 0 spiro atoms. The highest BCUT2D eigenvalue weighted by Gasteiger charge is 2.18. The van der Waals surface area contributed by atoms with Gasteiger partial charge in [0.25, 0.3) is 0 Å². The SMILES string of the molecule is COc1ccc([C@@H](CC(=O)Nc2ccccc2F)n2cccc2)cc1. The maximum absolute atomic E-state index is 13.7. The summed E-state index contributed by atoms with van der Waals surface area (Å²) < 4.78 is 20.9. The summed E-state index contributed by atoms with van der Waals surface area (Å²) in [6, 6.07) is 17.4. The van der Waals surface area contributed by atoms with Gasteiger partial charge in [-0.25, -0.2) is 4.39 Å². The van der Waals surface area contributed by atoms with Crippen LogP contribution in [0.1, 0.15) is 18.0 Å². The van der Waals surface area contributed by atoms with Crippen molar-refractivity contribution in [3.8, 4) is 5.75 Å². The average molecular weight is 338 g/mol. The van der Waals surface area contributed by atoms with Crippen molar-refractivity contribution < 1.29 is 13.9 Å². The van der Waals surface area contributed by atoms with Crippen molar-refractivity contribution in [1.82, 2.24) is 4.57 Å². The van der Waals surface area contributed by atoms with Crippen molar-refractivity contribution in [2.45, 2.75) is 12.5 Å². The fraction of sp³-hybridized carbons (Fsp3) is 0.150. The minimum atomic E-state index is -0.446. The number of para-hydroxylation sites is 1.